The maximum absolute atomic E-state index is 12.7. The Hall–Kier alpha value is -2.62. The van der Waals surface area contributed by atoms with Gasteiger partial charge in [-0.25, -0.2) is 0 Å². The normalized spacial score (nSPS) is 14.5. The number of benzene rings is 2. The number of hydrogen-bond acceptors (Lipinski definition) is 7. The minimum absolute atomic E-state index is 0.0887. The molecule has 0 bridgehead atoms. The van der Waals surface area contributed by atoms with Crippen molar-refractivity contribution in [1.82, 2.24) is 30.0 Å². The number of aromatic nitrogens is 4. The molecule has 0 radical (unpaired) electrons. The molecule has 10 heteroatoms. The number of para-hydroxylation sites is 1. The van der Waals surface area contributed by atoms with Gasteiger partial charge in [0.25, 0.3) is 0 Å². The van der Waals surface area contributed by atoms with Crippen LogP contribution in [0.4, 0.5) is 0 Å². The fraction of sp³-hybridized carbons (Fsp3) is 0.333. The summed E-state index contributed by atoms with van der Waals surface area (Å²) in [7, 11) is 0. The van der Waals surface area contributed by atoms with Gasteiger partial charge >= 0.3 is 0 Å². The monoisotopic (exact) mass is 458 g/mol. The summed E-state index contributed by atoms with van der Waals surface area (Å²) < 4.78 is 7.35. The first-order chi connectivity index (χ1) is 15.2. The topological polar surface area (TPSA) is 76.4 Å². The lowest BCUT2D eigenvalue weighted by molar-refractivity contribution is -0.130. The number of nitrogens with zero attached hydrogens (tertiary/aromatic N) is 6. The van der Waals surface area contributed by atoms with E-state index < -0.39 is 0 Å². The summed E-state index contributed by atoms with van der Waals surface area (Å²) in [6, 6.07) is 17.1. The van der Waals surface area contributed by atoms with Crippen LogP contribution in [0.3, 0.4) is 0 Å². The van der Waals surface area contributed by atoms with Crippen LogP contribution in [0.5, 0.6) is 5.75 Å². The number of carbonyl (C=O) groups excluding carboxylic acids is 1. The van der Waals surface area contributed by atoms with Gasteiger partial charge in [0.2, 0.25) is 11.1 Å². The van der Waals surface area contributed by atoms with Crippen LogP contribution >= 0.6 is 23.4 Å². The van der Waals surface area contributed by atoms with Gasteiger partial charge in [0.1, 0.15) is 12.4 Å². The van der Waals surface area contributed by atoms with Crippen LogP contribution in [0, 0.1) is 0 Å². The van der Waals surface area contributed by atoms with Gasteiger partial charge in [0, 0.05) is 37.7 Å². The molecule has 0 spiro atoms. The summed E-state index contributed by atoms with van der Waals surface area (Å²) in [6.45, 7) is 4.59. The van der Waals surface area contributed by atoms with Gasteiger partial charge in [-0.1, -0.05) is 47.6 Å². The van der Waals surface area contributed by atoms with E-state index >= 15 is 0 Å². The quantitative estimate of drug-likeness (QED) is 0.480. The molecule has 162 valence electrons. The zero-order chi connectivity index (χ0) is 21.5. The maximum atomic E-state index is 12.7. The molecule has 1 amide bonds. The molecule has 2 aromatic carbocycles. The van der Waals surface area contributed by atoms with Crippen molar-refractivity contribution >= 4 is 29.3 Å². The first-order valence-corrected chi connectivity index (χ1v) is 11.4. The maximum Gasteiger partial charge on any atom is 0.233 e. The van der Waals surface area contributed by atoms with Crippen LogP contribution < -0.4 is 4.74 Å². The van der Waals surface area contributed by atoms with Gasteiger partial charge < -0.3 is 9.64 Å². The van der Waals surface area contributed by atoms with Gasteiger partial charge in [-0.3, -0.25) is 9.69 Å². The second-order valence-corrected chi connectivity index (χ2v) is 8.40. The van der Waals surface area contributed by atoms with E-state index in [0.717, 1.165) is 31.1 Å². The Morgan fingerprint density at radius 2 is 1.87 bits per heavy atom. The van der Waals surface area contributed by atoms with Gasteiger partial charge in [-0.05, 0) is 40.8 Å². The highest BCUT2D eigenvalue weighted by molar-refractivity contribution is 7.99. The summed E-state index contributed by atoms with van der Waals surface area (Å²) in [6.07, 6.45) is 0. The van der Waals surface area contributed by atoms with Crippen LogP contribution in [0.15, 0.2) is 59.8 Å². The van der Waals surface area contributed by atoms with Crippen molar-refractivity contribution in [3.05, 3.63) is 59.6 Å². The molecule has 4 rings (SSSR count). The van der Waals surface area contributed by atoms with E-state index in [1.807, 2.05) is 47.4 Å². The largest absolute Gasteiger partial charge is 0.492 e. The third-order valence-corrected chi connectivity index (χ3v) is 6.10. The van der Waals surface area contributed by atoms with Crippen molar-refractivity contribution in [1.29, 1.82) is 0 Å². The van der Waals surface area contributed by atoms with E-state index in [2.05, 4.69) is 20.4 Å². The number of ether oxygens (including phenoxy) is 1. The predicted molar refractivity (Wildman–Crippen MR) is 120 cm³/mol. The summed E-state index contributed by atoms with van der Waals surface area (Å²) in [5.74, 6) is 1.26. The van der Waals surface area contributed by atoms with Crippen LogP contribution in [-0.2, 0) is 4.79 Å². The second-order valence-electron chi connectivity index (χ2n) is 7.03. The molecule has 31 heavy (non-hydrogen) atoms. The average molecular weight is 459 g/mol. The Balaban J connectivity index is 1.21. The van der Waals surface area contributed by atoms with Crippen molar-refractivity contribution in [2.75, 3.05) is 45.1 Å². The lowest BCUT2D eigenvalue weighted by Crippen LogP contribution is -2.50. The van der Waals surface area contributed by atoms with Crippen molar-refractivity contribution in [2.45, 2.75) is 5.16 Å². The number of tetrazole rings is 1. The molecule has 1 fully saturated rings. The molecule has 0 atom stereocenters. The zero-order valence-electron chi connectivity index (χ0n) is 16.9. The molecule has 1 aliphatic rings. The summed E-state index contributed by atoms with van der Waals surface area (Å²) in [5, 5.41) is 13.0. The standard InChI is InChI=1S/C21H23ClN6O2S/c22-17-5-4-6-18(15-17)28-21(23-24-25-28)31-16-20(29)27-11-9-26(10-12-27)13-14-30-19-7-2-1-3-8-19/h1-8,15H,9-14,16H2. The van der Waals surface area contributed by atoms with E-state index in [9.17, 15) is 4.79 Å². The molecule has 2 heterocycles. The lowest BCUT2D eigenvalue weighted by Gasteiger charge is -2.34. The fourth-order valence-electron chi connectivity index (χ4n) is 3.29. The highest BCUT2D eigenvalue weighted by Crippen LogP contribution is 2.21. The molecule has 3 aromatic rings. The highest BCUT2D eigenvalue weighted by atomic mass is 35.5. The Morgan fingerprint density at radius 3 is 2.65 bits per heavy atom. The summed E-state index contributed by atoms with van der Waals surface area (Å²) >= 11 is 7.38. The Bertz CT molecular complexity index is 994. The van der Waals surface area contributed by atoms with Gasteiger partial charge in [-0.15, -0.1) is 5.10 Å². The van der Waals surface area contributed by atoms with Crippen LogP contribution in [0.1, 0.15) is 0 Å². The molecular formula is C21H23ClN6O2S. The molecule has 0 aliphatic carbocycles. The Kier molecular flexibility index (Phi) is 7.39. The van der Waals surface area contributed by atoms with E-state index in [1.165, 1.54) is 11.8 Å². The first-order valence-electron chi connectivity index (χ1n) is 10.0. The smallest absolute Gasteiger partial charge is 0.233 e. The number of rotatable bonds is 8. The number of amides is 1. The Morgan fingerprint density at radius 1 is 1.06 bits per heavy atom. The molecule has 8 nitrogen and oxygen atoms in total. The van der Waals surface area contributed by atoms with Crippen molar-refractivity contribution in [2.24, 2.45) is 0 Å². The molecular weight excluding hydrogens is 436 g/mol. The molecule has 1 aromatic heterocycles. The molecule has 1 aliphatic heterocycles. The molecule has 1 saturated heterocycles. The van der Waals surface area contributed by atoms with Gasteiger partial charge in [-0.2, -0.15) is 4.68 Å². The van der Waals surface area contributed by atoms with Crippen molar-refractivity contribution in [3.63, 3.8) is 0 Å². The number of halogens is 1. The summed E-state index contributed by atoms with van der Waals surface area (Å²) in [5.41, 5.74) is 0.763. The number of thioether (sulfide) groups is 1. The van der Waals surface area contributed by atoms with Crippen molar-refractivity contribution in [3.8, 4) is 11.4 Å². The van der Waals surface area contributed by atoms with Gasteiger partial charge in [0.05, 0.1) is 11.4 Å². The molecule has 0 N–H and O–H groups in total. The average Bonchev–Trinajstić information content (AvgIpc) is 3.27. The fourth-order valence-corrected chi connectivity index (χ4v) is 4.26. The Labute approximate surface area is 190 Å². The second kappa shape index (κ2) is 10.6. The van der Waals surface area contributed by atoms with Crippen LogP contribution in [0.25, 0.3) is 5.69 Å². The van der Waals surface area contributed by atoms with Crippen molar-refractivity contribution < 1.29 is 9.53 Å². The number of piperazine rings is 1. The molecule has 0 unspecified atom stereocenters. The van der Waals surface area contributed by atoms with E-state index in [4.69, 9.17) is 16.3 Å². The van der Waals surface area contributed by atoms with Crippen LogP contribution in [-0.4, -0.2) is 81.0 Å². The highest BCUT2D eigenvalue weighted by Gasteiger charge is 2.22. The lowest BCUT2D eigenvalue weighted by atomic mass is 10.3. The third kappa shape index (κ3) is 5.96. The van der Waals surface area contributed by atoms with E-state index in [1.54, 1.807) is 16.8 Å². The minimum Gasteiger partial charge on any atom is -0.492 e. The predicted octanol–water partition coefficient (Wildman–Crippen LogP) is 2.63. The minimum atomic E-state index is 0.0887. The van der Waals surface area contributed by atoms with Gasteiger partial charge in [0.15, 0.2) is 0 Å². The van der Waals surface area contributed by atoms with E-state index in [-0.39, 0.29) is 11.7 Å². The summed E-state index contributed by atoms with van der Waals surface area (Å²) in [4.78, 5) is 16.9. The number of hydrogen-bond donors (Lipinski definition) is 0. The first kappa shape index (κ1) is 21.6. The zero-order valence-corrected chi connectivity index (χ0v) is 18.5. The number of carbonyl (C=O) groups is 1. The third-order valence-electron chi connectivity index (χ3n) is 4.96. The van der Waals surface area contributed by atoms with E-state index in [0.29, 0.717) is 29.9 Å². The SMILES string of the molecule is O=C(CSc1nnnn1-c1cccc(Cl)c1)N1CCN(CCOc2ccccc2)CC1. The van der Waals surface area contributed by atoms with Crippen LogP contribution in [0.2, 0.25) is 5.02 Å². The molecule has 0 saturated carbocycles.